The van der Waals surface area contributed by atoms with Crippen LogP contribution in [0.5, 0.6) is 5.75 Å². The van der Waals surface area contributed by atoms with E-state index in [4.69, 9.17) is 4.74 Å². The highest BCUT2D eigenvalue weighted by Gasteiger charge is 2.36. The number of piperidine rings is 1. The zero-order valence-corrected chi connectivity index (χ0v) is 15.5. The van der Waals surface area contributed by atoms with E-state index >= 15 is 0 Å². The first-order chi connectivity index (χ1) is 12.6. The van der Waals surface area contributed by atoms with Gasteiger partial charge < -0.3 is 14.5 Å². The number of carbonyl (C=O) groups is 2. The molecule has 1 aromatic rings. The van der Waals surface area contributed by atoms with Crippen molar-refractivity contribution in [2.24, 2.45) is 5.92 Å². The van der Waals surface area contributed by atoms with Crippen molar-refractivity contribution in [3.8, 4) is 5.75 Å². The van der Waals surface area contributed by atoms with Crippen molar-refractivity contribution < 1.29 is 14.3 Å². The maximum Gasteiger partial charge on any atom is 0.267 e. The van der Waals surface area contributed by atoms with Crippen LogP contribution in [0.1, 0.15) is 51.9 Å². The molecule has 2 heterocycles. The molecule has 1 saturated heterocycles. The van der Waals surface area contributed by atoms with Crippen LogP contribution in [-0.4, -0.2) is 41.9 Å². The molecule has 0 bridgehead atoms. The largest absolute Gasteiger partial charge is 0.479 e. The number of nitrogens with zero attached hydrogens (tertiary/aromatic N) is 2. The van der Waals surface area contributed by atoms with Crippen LogP contribution in [0, 0.1) is 5.92 Å². The van der Waals surface area contributed by atoms with Crippen LogP contribution in [0.4, 0.5) is 5.69 Å². The van der Waals surface area contributed by atoms with E-state index in [0.717, 1.165) is 30.8 Å². The number of likely N-dealkylation sites (tertiary alicyclic amines) is 1. The van der Waals surface area contributed by atoms with Crippen LogP contribution in [0.25, 0.3) is 0 Å². The summed E-state index contributed by atoms with van der Waals surface area (Å²) >= 11 is 0. The lowest BCUT2D eigenvalue weighted by Crippen LogP contribution is -2.51. The minimum atomic E-state index is -0.502. The molecule has 140 valence electrons. The molecule has 2 aliphatic heterocycles. The van der Waals surface area contributed by atoms with E-state index in [0.29, 0.717) is 24.9 Å². The van der Waals surface area contributed by atoms with E-state index in [1.807, 2.05) is 24.3 Å². The summed E-state index contributed by atoms with van der Waals surface area (Å²) in [5, 5.41) is 0. The third-order valence-corrected chi connectivity index (χ3v) is 6.19. The maximum absolute atomic E-state index is 13.0. The molecule has 1 aliphatic carbocycles. The summed E-state index contributed by atoms with van der Waals surface area (Å²) in [6.07, 6.45) is 7.21. The van der Waals surface area contributed by atoms with Gasteiger partial charge >= 0.3 is 0 Å². The number of rotatable bonds is 3. The molecule has 0 radical (unpaired) electrons. The van der Waals surface area contributed by atoms with Crippen LogP contribution in [-0.2, 0) is 9.59 Å². The SMILES string of the molecule is CC1Oc2ccccc2N(CCC(=O)N2CCCC3CCCCC32)C1=O. The second-order valence-corrected chi connectivity index (χ2v) is 7.81. The Morgan fingerprint density at radius 2 is 1.92 bits per heavy atom. The van der Waals surface area contributed by atoms with Crippen molar-refractivity contribution in [2.75, 3.05) is 18.0 Å². The molecule has 3 aliphatic rings. The second kappa shape index (κ2) is 7.29. The van der Waals surface area contributed by atoms with Gasteiger partial charge in [-0.3, -0.25) is 9.59 Å². The van der Waals surface area contributed by atoms with E-state index in [1.54, 1.807) is 11.8 Å². The quantitative estimate of drug-likeness (QED) is 0.834. The first-order valence-corrected chi connectivity index (χ1v) is 10.0. The molecule has 5 nitrogen and oxygen atoms in total. The van der Waals surface area contributed by atoms with Crippen LogP contribution in [0.3, 0.4) is 0 Å². The Morgan fingerprint density at radius 3 is 2.81 bits per heavy atom. The van der Waals surface area contributed by atoms with E-state index < -0.39 is 6.10 Å². The monoisotopic (exact) mass is 356 g/mol. The predicted molar refractivity (Wildman–Crippen MR) is 100 cm³/mol. The van der Waals surface area contributed by atoms with Gasteiger partial charge in [-0.2, -0.15) is 0 Å². The average Bonchev–Trinajstić information content (AvgIpc) is 2.67. The smallest absolute Gasteiger partial charge is 0.267 e. The van der Waals surface area contributed by atoms with Crippen molar-refractivity contribution >= 4 is 17.5 Å². The van der Waals surface area contributed by atoms with Gasteiger partial charge in [0.2, 0.25) is 5.91 Å². The molecule has 5 heteroatoms. The van der Waals surface area contributed by atoms with Gasteiger partial charge in [-0.25, -0.2) is 0 Å². The van der Waals surface area contributed by atoms with Gasteiger partial charge in [-0.05, 0) is 50.7 Å². The summed E-state index contributed by atoms with van der Waals surface area (Å²) in [5.74, 6) is 1.54. The average molecular weight is 356 g/mol. The number of hydrogen-bond acceptors (Lipinski definition) is 3. The Labute approximate surface area is 155 Å². The van der Waals surface area contributed by atoms with Crippen molar-refractivity contribution in [1.82, 2.24) is 4.90 Å². The van der Waals surface area contributed by atoms with Crippen LogP contribution in [0.15, 0.2) is 24.3 Å². The van der Waals surface area contributed by atoms with Gasteiger partial charge in [0, 0.05) is 25.6 Å². The molecule has 2 fully saturated rings. The number of ether oxygens (including phenoxy) is 1. The molecule has 2 amide bonds. The van der Waals surface area contributed by atoms with E-state index in [-0.39, 0.29) is 11.8 Å². The molecule has 3 unspecified atom stereocenters. The second-order valence-electron chi connectivity index (χ2n) is 7.81. The first-order valence-electron chi connectivity index (χ1n) is 10.0. The normalized spacial score (nSPS) is 28.2. The zero-order valence-electron chi connectivity index (χ0n) is 15.5. The van der Waals surface area contributed by atoms with Gasteiger partial charge in [0.15, 0.2) is 6.10 Å². The van der Waals surface area contributed by atoms with Crippen LogP contribution >= 0.6 is 0 Å². The molecule has 3 atom stereocenters. The van der Waals surface area contributed by atoms with Gasteiger partial charge in [-0.15, -0.1) is 0 Å². The molecule has 1 aromatic carbocycles. The molecule has 0 aromatic heterocycles. The summed E-state index contributed by atoms with van der Waals surface area (Å²) in [6.45, 7) is 3.07. The number of hydrogen-bond donors (Lipinski definition) is 0. The van der Waals surface area contributed by atoms with Crippen molar-refractivity contribution in [2.45, 2.75) is 64.0 Å². The predicted octanol–water partition coefficient (Wildman–Crippen LogP) is 3.37. The van der Waals surface area contributed by atoms with E-state index in [2.05, 4.69) is 4.90 Å². The number of amides is 2. The standard InChI is InChI=1S/C21H28N2O3/c1-15-21(25)23(18-10-4-5-11-19(18)26-15)14-12-20(24)22-13-6-8-16-7-2-3-9-17(16)22/h4-5,10-11,15-17H,2-3,6-9,12-14H2,1H3. The number of para-hydroxylation sites is 2. The number of carbonyl (C=O) groups excluding carboxylic acids is 2. The fourth-order valence-electron chi connectivity index (χ4n) is 4.87. The molecule has 4 rings (SSSR count). The third kappa shape index (κ3) is 3.19. The van der Waals surface area contributed by atoms with Crippen molar-refractivity contribution in [3.63, 3.8) is 0 Å². The molecule has 0 spiro atoms. The lowest BCUT2D eigenvalue weighted by Gasteiger charge is -2.44. The highest BCUT2D eigenvalue weighted by atomic mass is 16.5. The fraction of sp³-hybridized carbons (Fsp3) is 0.619. The minimum absolute atomic E-state index is 0.0642. The lowest BCUT2D eigenvalue weighted by atomic mass is 9.78. The summed E-state index contributed by atoms with van der Waals surface area (Å²) in [5.41, 5.74) is 0.776. The third-order valence-electron chi connectivity index (χ3n) is 6.19. The molecule has 0 N–H and O–H groups in total. The van der Waals surface area contributed by atoms with Crippen molar-refractivity contribution in [1.29, 1.82) is 0 Å². The van der Waals surface area contributed by atoms with Gasteiger partial charge in [0.25, 0.3) is 5.91 Å². The van der Waals surface area contributed by atoms with Crippen LogP contribution in [0.2, 0.25) is 0 Å². The Kier molecular flexibility index (Phi) is 4.88. The highest BCUT2D eigenvalue weighted by Crippen LogP contribution is 2.36. The van der Waals surface area contributed by atoms with Crippen molar-refractivity contribution in [3.05, 3.63) is 24.3 Å². The number of anilines is 1. The van der Waals surface area contributed by atoms with Crippen LogP contribution < -0.4 is 9.64 Å². The van der Waals surface area contributed by atoms with E-state index in [9.17, 15) is 9.59 Å². The number of fused-ring (bicyclic) bond motifs is 2. The molecular weight excluding hydrogens is 328 g/mol. The fourth-order valence-corrected chi connectivity index (χ4v) is 4.87. The molecule has 1 saturated carbocycles. The molecular formula is C21H28N2O3. The first kappa shape index (κ1) is 17.4. The summed E-state index contributed by atoms with van der Waals surface area (Å²) in [4.78, 5) is 29.4. The van der Waals surface area contributed by atoms with Gasteiger partial charge in [0.05, 0.1) is 5.69 Å². The van der Waals surface area contributed by atoms with E-state index in [1.165, 1.54) is 25.7 Å². The Hall–Kier alpha value is -2.04. The zero-order chi connectivity index (χ0) is 18.1. The van der Waals surface area contributed by atoms with Gasteiger partial charge in [0.1, 0.15) is 5.75 Å². The Bertz CT molecular complexity index is 688. The summed E-state index contributed by atoms with van der Waals surface area (Å²) in [6, 6.07) is 8.00. The Balaban J connectivity index is 1.45. The minimum Gasteiger partial charge on any atom is -0.479 e. The molecule has 26 heavy (non-hydrogen) atoms. The van der Waals surface area contributed by atoms with Gasteiger partial charge in [-0.1, -0.05) is 25.0 Å². The highest BCUT2D eigenvalue weighted by molar-refractivity contribution is 6.00. The lowest BCUT2D eigenvalue weighted by molar-refractivity contribution is -0.137. The topological polar surface area (TPSA) is 49.9 Å². The Morgan fingerprint density at radius 1 is 1.15 bits per heavy atom. The summed E-state index contributed by atoms with van der Waals surface area (Å²) < 4.78 is 5.68. The maximum atomic E-state index is 13.0. The number of benzene rings is 1. The summed E-state index contributed by atoms with van der Waals surface area (Å²) in [7, 11) is 0.